The van der Waals surface area contributed by atoms with Crippen LogP contribution in [0.4, 0.5) is 0 Å². The summed E-state index contributed by atoms with van der Waals surface area (Å²) in [7, 11) is 1.34. The zero-order valence-corrected chi connectivity index (χ0v) is 21.0. The van der Waals surface area contributed by atoms with Crippen molar-refractivity contribution in [3.8, 4) is 11.1 Å². The van der Waals surface area contributed by atoms with E-state index in [1.165, 1.54) is 7.11 Å². The van der Waals surface area contributed by atoms with Crippen LogP contribution in [-0.4, -0.2) is 36.8 Å². The minimum Gasteiger partial charge on any atom is -0.467 e. The minimum atomic E-state index is -0.703. The van der Waals surface area contributed by atoms with Crippen molar-refractivity contribution in [2.75, 3.05) is 12.9 Å². The molecule has 3 aromatic rings. The molecule has 5 nitrogen and oxygen atoms in total. The van der Waals surface area contributed by atoms with Crippen molar-refractivity contribution in [2.24, 2.45) is 11.7 Å². The van der Waals surface area contributed by atoms with Gasteiger partial charge in [-0.15, -0.1) is 0 Å². The summed E-state index contributed by atoms with van der Waals surface area (Å²) in [5, 5.41) is 5.07. The maximum Gasteiger partial charge on any atom is 0.328 e. The first kappa shape index (κ1) is 25.8. The second kappa shape index (κ2) is 12.0. The highest BCUT2D eigenvalue weighted by molar-refractivity contribution is 7.80. The van der Waals surface area contributed by atoms with Crippen LogP contribution < -0.4 is 11.1 Å². The van der Waals surface area contributed by atoms with Crippen molar-refractivity contribution in [1.82, 2.24) is 5.32 Å². The van der Waals surface area contributed by atoms with Crippen molar-refractivity contribution in [3.63, 3.8) is 0 Å². The Hall–Kier alpha value is -2.83. The Balaban J connectivity index is 2.05. The Kier molecular flexibility index (Phi) is 9.13. The summed E-state index contributed by atoms with van der Waals surface area (Å²) in [6.45, 7) is 4.02. The predicted molar refractivity (Wildman–Crippen MR) is 142 cm³/mol. The smallest absolute Gasteiger partial charge is 0.328 e. The lowest BCUT2D eigenvalue weighted by molar-refractivity contribution is -0.143. The van der Waals surface area contributed by atoms with E-state index in [1.807, 2.05) is 50.2 Å². The van der Waals surface area contributed by atoms with Gasteiger partial charge in [0.25, 0.3) is 5.91 Å². The summed E-state index contributed by atoms with van der Waals surface area (Å²) >= 11 is 4.29. The number of benzene rings is 3. The van der Waals surface area contributed by atoms with Gasteiger partial charge in [0.2, 0.25) is 0 Å². The number of nitrogens with one attached hydrogen (secondary N) is 1. The number of thiol groups is 1. The average molecular weight is 479 g/mol. The average Bonchev–Trinajstić information content (AvgIpc) is 2.85. The Labute approximate surface area is 207 Å². The van der Waals surface area contributed by atoms with E-state index >= 15 is 0 Å². The molecule has 1 amide bonds. The summed E-state index contributed by atoms with van der Waals surface area (Å²) in [5.74, 6) is 0.116. The molecule has 0 aliphatic heterocycles. The Morgan fingerprint density at radius 3 is 2.47 bits per heavy atom. The maximum atomic E-state index is 13.5. The summed E-state index contributed by atoms with van der Waals surface area (Å²) in [4.78, 5) is 25.8. The Morgan fingerprint density at radius 2 is 1.76 bits per heavy atom. The van der Waals surface area contributed by atoms with Gasteiger partial charge in [-0.3, -0.25) is 4.79 Å². The van der Waals surface area contributed by atoms with E-state index < -0.39 is 12.0 Å². The molecule has 180 valence electrons. The number of esters is 1. The van der Waals surface area contributed by atoms with Gasteiger partial charge in [-0.25, -0.2) is 4.79 Å². The number of hydrogen-bond acceptors (Lipinski definition) is 5. The number of hydrogen-bond donors (Lipinski definition) is 3. The number of nitrogens with two attached hydrogens (primary N) is 1. The second-order valence-corrected chi connectivity index (χ2v) is 9.43. The normalized spacial score (nSPS) is 13.0. The zero-order chi connectivity index (χ0) is 24.7. The Bertz CT molecular complexity index is 1140. The van der Waals surface area contributed by atoms with Gasteiger partial charge in [0.1, 0.15) is 6.04 Å². The molecular formula is C28H34N2O3S. The molecule has 0 saturated carbocycles. The van der Waals surface area contributed by atoms with Gasteiger partial charge < -0.3 is 15.8 Å². The number of rotatable bonds is 10. The van der Waals surface area contributed by atoms with Crippen LogP contribution in [0.1, 0.15) is 42.6 Å². The molecule has 6 heteroatoms. The lowest BCUT2D eigenvalue weighted by Gasteiger charge is -2.20. The fraction of sp³-hybridized carbons (Fsp3) is 0.357. The molecule has 0 bridgehead atoms. The first-order chi connectivity index (χ1) is 16.3. The molecule has 0 saturated heterocycles. The van der Waals surface area contributed by atoms with Crippen LogP contribution in [-0.2, 0) is 16.0 Å². The quantitative estimate of drug-likeness (QED) is 0.282. The molecule has 0 spiro atoms. The number of amides is 1. The fourth-order valence-corrected chi connectivity index (χ4v) is 4.32. The van der Waals surface area contributed by atoms with Gasteiger partial charge in [-0.1, -0.05) is 68.4 Å². The van der Waals surface area contributed by atoms with Gasteiger partial charge in [0, 0.05) is 17.4 Å². The molecular weight excluding hydrogens is 444 g/mol. The summed E-state index contributed by atoms with van der Waals surface area (Å²) in [6, 6.07) is 19.4. The molecule has 0 radical (unpaired) electrons. The lowest BCUT2D eigenvalue weighted by atomic mass is 9.91. The monoisotopic (exact) mass is 478 g/mol. The molecule has 3 aromatic carbocycles. The molecule has 0 aliphatic carbocycles. The molecule has 0 unspecified atom stereocenters. The highest BCUT2D eigenvalue weighted by Gasteiger charge is 2.25. The number of carbonyl (C=O) groups excluding carboxylic acids is 2. The lowest BCUT2D eigenvalue weighted by Crippen LogP contribution is -2.42. The minimum absolute atomic E-state index is 0.0177. The van der Waals surface area contributed by atoms with E-state index in [0.29, 0.717) is 17.7 Å². The zero-order valence-electron chi connectivity index (χ0n) is 20.1. The van der Waals surface area contributed by atoms with Crippen molar-refractivity contribution < 1.29 is 14.3 Å². The maximum absolute atomic E-state index is 13.5. The van der Waals surface area contributed by atoms with Crippen LogP contribution in [0.2, 0.25) is 0 Å². The summed E-state index contributed by atoms with van der Waals surface area (Å²) in [6.07, 6.45) is 2.10. The van der Waals surface area contributed by atoms with Gasteiger partial charge >= 0.3 is 5.97 Å². The van der Waals surface area contributed by atoms with Gasteiger partial charge in [0.05, 0.1) is 7.11 Å². The van der Waals surface area contributed by atoms with Crippen molar-refractivity contribution in [2.45, 2.75) is 45.2 Å². The number of methoxy groups -OCH3 is 1. The van der Waals surface area contributed by atoms with Crippen molar-refractivity contribution >= 4 is 35.3 Å². The molecule has 34 heavy (non-hydrogen) atoms. The number of ether oxygens (including phenoxy) is 1. The van der Waals surface area contributed by atoms with Crippen molar-refractivity contribution in [3.05, 3.63) is 71.8 Å². The molecule has 3 N–H and O–H groups in total. The number of carbonyl (C=O) groups is 2. The highest BCUT2D eigenvalue weighted by atomic mass is 32.1. The highest BCUT2D eigenvalue weighted by Crippen LogP contribution is 2.32. The molecule has 2 atom stereocenters. The molecule has 0 fully saturated rings. The molecule has 0 heterocycles. The molecule has 3 rings (SSSR count). The van der Waals surface area contributed by atoms with E-state index in [1.54, 1.807) is 0 Å². The standard InChI is InChI=1S/C28H34N2O3S/c1-18(2)15-26(28(32)33-3)30-27(31)24-14-12-19(11-13-21(29)17-34)16-25(24)23-10-6-8-20-7-4-5-9-22(20)23/h4-10,12,14,16,18,21,26,34H,11,13,15,17,29H2,1-3H3,(H,30,31)/t21-,26+/m1/s1. The van der Waals surface area contributed by atoms with E-state index in [2.05, 4.69) is 42.2 Å². The number of fused-ring (bicyclic) bond motifs is 1. The largest absolute Gasteiger partial charge is 0.467 e. The van der Waals surface area contributed by atoms with Gasteiger partial charge in [-0.05, 0) is 58.7 Å². The van der Waals surface area contributed by atoms with E-state index in [0.717, 1.165) is 40.3 Å². The topological polar surface area (TPSA) is 81.4 Å². The van der Waals surface area contributed by atoms with Gasteiger partial charge in [-0.2, -0.15) is 12.6 Å². The summed E-state index contributed by atoms with van der Waals surface area (Å²) < 4.78 is 4.93. The van der Waals surface area contributed by atoms with Crippen LogP contribution in [0.3, 0.4) is 0 Å². The van der Waals surface area contributed by atoms with E-state index in [9.17, 15) is 9.59 Å². The SMILES string of the molecule is COC(=O)[C@H](CC(C)C)NC(=O)c1ccc(CC[C@@H](N)CS)cc1-c1cccc2ccccc12. The van der Waals surface area contributed by atoms with Gasteiger partial charge in [0.15, 0.2) is 0 Å². The first-order valence-electron chi connectivity index (χ1n) is 11.7. The van der Waals surface area contributed by atoms with E-state index in [-0.39, 0.29) is 17.9 Å². The van der Waals surface area contributed by atoms with E-state index in [4.69, 9.17) is 10.5 Å². The van der Waals surface area contributed by atoms with Crippen LogP contribution in [0.25, 0.3) is 21.9 Å². The van der Waals surface area contributed by atoms with Crippen molar-refractivity contribution in [1.29, 1.82) is 0 Å². The molecule has 0 aliphatic rings. The number of aryl methyl sites for hydroxylation is 1. The predicted octanol–water partition coefficient (Wildman–Crippen LogP) is 5.01. The van der Waals surface area contributed by atoms with Crippen LogP contribution in [0, 0.1) is 5.92 Å². The summed E-state index contributed by atoms with van der Waals surface area (Å²) in [5.41, 5.74) is 9.51. The van der Waals surface area contributed by atoms with Crippen LogP contribution in [0.5, 0.6) is 0 Å². The third-order valence-corrected chi connectivity index (χ3v) is 6.41. The second-order valence-electron chi connectivity index (χ2n) is 9.07. The van der Waals surface area contributed by atoms with Crippen LogP contribution in [0.15, 0.2) is 60.7 Å². The molecule has 0 aromatic heterocycles. The third-order valence-electron chi connectivity index (χ3n) is 5.94. The van der Waals surface area contributed by atoms with Crippen LogP contribution >= 0.6 is 12.6 Å². The fourth-order valence-electron chi connectivity index (χ4n) is 4.14. The Morgan fingerprint density at radius 1 is 1.03 bits per heavy atom. The first-order valence-corrected chi connectivity index (χ1v) is 12.3. The third kappa shape index (κ3) is 6.39.